The van der Waals surface area contributed by atoms with Gasteiger partial charge < -0.3 is 19.9 Å². The number of rotatable bonds is 3. The van der Waals surface area contributed by atoms with E-state index >= 15 is 0 Å². The Morgan fingerprint density at radius 1 is 1.26 bits per heavy atom. The molecular formula is C21H20F2N4O3S. The van der Waals surface area contributed by atoms with Crippen molar-refractivity contribution in [1.82, 2.24) is 14.9 Å². The predicted molar refractivity (Wildman–Crippen MR) is 111 cm³/mol. The van der Waals surface area contributed by atoms with Gasteiger partial charge in [0.1, 0.15) is 5.69 Å². The fraction of sp³-hybridized carbons (Fsp3) is 0.381. The van der Waals surface area contributed by atoms with Gasteiger partial charge in [0.05, 0.1) is 12.2 Å². The Labute approximate surface area is 180 Å². The third-order valence-electron chi connectivity index (χ3n) is 5.76. The number of ether oxygens (including phenoxy) is 1. The van der Waals surface area contributed by atoms with Gasteiger partial charge in [-0.1, -0.05) is 11.3 Å². The van der Waals surface area contributed by atoms with Crippen LogP contribution in [0.25, 0.3) is 10.9 Å². The highest BCUT2D eigenvalue weighted by molar-refractivity contribution is 7.15. The summed E-state index contributed by atoms with van der Waals surface area (Å²) < 4.78 is 32.7. The van der Waals surface area contributed by atoms with Crippen LogP contribution in [-0.2, 0) is 22.5 Å². The molecule has 2 aliphatic heterocycles. The van der Waals surface area contributed by atoms with Crippen LogP contribution in [0.5, 0.6) is 0 Å². The predicted octanol–water partition coefficient (Wildman–Crippen LogP) is 3.47. The van der Waals surface area contributed by atoms with Crippen LogP contribution in [0.1, 0.15) is 33.9 Å². The summed E-state index contributed by atoms with van der Waals surface area (Å²) in [5.41, 5.74) is 1.46. The molecule has 2 N–H and O–H groups in total. The molecule has 0 atom stereocenters. The molecular weight excluding hydrogens is 426 g/mol. The normalized spacial score (nSPS) is 17.0. The topological polar surface area (TPSA) is 87.3 Å². The van der Waals surface area contributed by atoms with Gasteiger partial charge in [0.2, 0.25) is 5.91 Å². The molecule has 4 heterocycles. The van der Waals surface area contributed by atoms with Gasteiger partial charge >= 0.3 is 0 Å². The molecule has 1 saturated heterocycles. The number of hydrogen-bond donors (Lipinski definition) is 2. The van der Waals surface area contributed by atoms with E-state index in [0.29, 0.717) is 56.2 Å². The Hall–Kier alpha value is -2.85. The third kappa shape index (κ3) is 3.81. The van der Waals surface area contributed by atoms with Gasteiger partial charge in [-0.15, -0.1) is 0 Å². The molecule has 162 valence electrons. The van der Waals surface area contributed by atoms with Crippen molar-refractivity contribution in [1.29, 1.82) is 0 Å². The van der Waals surface area contributed by atoms with Gasteiger partial charge in [0.15, 0.2) is 16.8 Å². The highest BCUT2D eigenvalue weighted by Gasteiger charge is 2.28. The van der Waals surface area contributed by atoms with Crippen LogP contribution in [0.2, 0.25) is 0 Å². The summed E-state index contributed by atoms with van der Waals surface area (Å²) in [6.45, 7) is 1.99. The molecule has 0 unspecified atom stereocenters. The van der Waals surface area contributed by atoms with Gasteiger partial charge in [-0.25, -0.2) is 13.8 Å². The second-order valence-electron chi connectivity index (χ2n) is 7.75. The van der Waals surface area contributed by atoms with E-state index < -0.39 is 11.6 Å². The van der Waals surface area contributed by atoms with Crippen molar-refractivity contribution in [2.45, 2.75) is 25.8 Å². The summed E-state index contributed by atoms with van der Waals surface area (Å²) in [6.07, 6.45) is 1.97. The van der Waals surface area contributed by atoms with Crippen molar-refractivity contribution < 1.29 is 23.1 Å². The summed E-state index contributed by atoms with van der Waals surface area (Å²) in [6, 6.07) is 3.79. The minimum atomic E-state index is -0.971. The molecule has 0 saturated carbocycles. The number of nitrogens with one attached hydrogen (secondary N) is 2. The second-order valence-corrected chi connectivity index (χ2v) is 8.83. The van der Waals surface area contributed by atoms with Crippen molar-refractivity contribution in [3.63, 3.8) is 0 Å². The first-order valence-corrected chi connectivity index (χ1v) is 10.9. The largest absolute Gasteiger partial charge is 0.381 e. The van der Waals surface area contributed by atoms with Crippen molar-refractivity contribution in [3.05, 3.63) is 46.1 Å². The molecule has 1 fully saturated rings. The molecule has 2 amide bonds. The van der Waals surface area contributed by atoms with Crippen LogP contribution < -0.4 is 5.32 Å². The van der Waals surface area contributed by atoms with E-state index in [1.54, 1.807) is 4.90 Å². The molecule has 7 nitrogen and oxygen atoms in total. The average molecular weight is 446 g/mol. The lowest BCUT2D eigenvalue weighted by atomic mass is 10.00. The number of benzene rings is 1. The summed E-state index contributed by atoms with van der Waals surface area (Å²) in [4.78, 5) is 35.4. The maximum Gasteiger partial charge on any atom is 0.270 e. The number of H-pyrrole nitrogens is 1. The number of aromatic nitrogens is 2. The van der Waals surface area contributed by atoms with Crippen LogP contribution in [0, 0.1) is 17.6 Å². The lowest BCUT2D eigenvalue weighted by Gasteiger charge is -2.25. The van der Waals surface area contributed by atoms with E-state index in [0.717, 1.165) is 16.6 Å². The van der Waals surface area contributed by atoms with Crippen LogP contribution in [-0.4, -0.2) is 46.4 Å². The van der Waals surface area contributed by atoms with Gasteiger partial charge in [-0.2, -0.15) is 0 Å². The van der Waals surface area contributed by atoms with Gasteiger partial charge in [-0.05, 0) is 31.0 Å². The zero-order valence-corrected chi connectivity index (χ0v) is 17.4. The minimum Gasteiger partial charge on any atom is -0.381 e. The quantitative estimate of drug-likeness (QED) is 0.645. The highest BCUT2D eigenvalue weighted by Crippen LogP contribution is 2.30. The molecule has 5 rings (SSSR count). The van der Waals surface area contributed by atoms with Crippen LogP contribution in [0.15, 0.2) is 18.2 Å². The maximum atomic E-state index is 14.0. The Balaban J connectivity index is 1.30. The van der Waals surface area contributed by atoms with Crippen LogP contribution in [0.3, 0.4) is 0 Å². The summed E-state index contributed by atoms with van der Waals surface area (Å²) >= 11 is 1.37. The molecule has 0 radical (unpaired) electrons. The number of hydrogen-bond acceptors (Lipinski definition) is 5. The maximum absolute atomic E-state index is 14.0. The SMILES string of the molecule is O=C(Nc1nc2c(s1)CN(C(=O)c1cc3c(F)c(F)ccc3[nH]1)CC2)C1CCOCC1. The van der Waals surface area contributed by atoms with Crippen molar-refractivity contribution >= 4 is 39.2 Å². The first-order chi connectivity index (χ1) is 15.0. The molecule has 2 aliphatic rings. The molecule has 0 bridgehead atoms. The molecule has 3 aromatic rings. The average Bonchev–Trinajstić information content (AvgIpc) is 3.40. The number of fused-ring (bicyclic) bond motifs is 2. The fourth-order valence-corrected chi connectivity index (χ4v) is 5.04. The summed E-state index contributed by atoms with van der Waals surface area (Å²) in [5, 5.41) is 3.49. The van der Waals surface area contributed by atoms with Crippen LogP contribution in [0.4, 0.5) is 13.9 Å². The smallest absolute Gasteiger partial charge is 0.270 e. The van der Waals surface area contributed by atoms with Gasteiger partial charge in [0, 0.05) is 47.9 Å². The van der Waals surface area contributed by atoms with Crippen LogP contribution >= 0.6 is 11.3 Å². The van der Waals surface area contributed by atoms with E-state index in [4.69, 9.17) is 4.74 Å². The molecule has 10 heteroatoms. The second kappa shape index (κ2) is 8.01. The molecule has 0 aliphatic carbocycles. The van der Waals surface area contributed by atoms with Crippen molar-refractivity contribution in [3.8, 4) is 0 Å². The van der Waals surface area contributed by atoms with E-state index in [1.165, 1.54) is 23.5 Å². The zero-order chi connectivity index (χ0) is 21.5. The zero-order valence-electron chi connectivity index (χ0n) is 16.5. The Kier molecular flexibility index (Phi) is 5.19. The number of thiazole rings is 1. The van der Waals surface area contributed by atoms with E-state index in [2.05, 4.69) is 15.3 Å². The molecule has 0 spiro atoms. The Bertz CT molecular complexity index is 1170. The monoisotopic (exact) mass is 446 g/mol. The van der Waals surface area contributed by atoms with Crippen molar-refractivity contribution in [2.75, 3.05) is 25.1 Å². The highest BCUT2D eigenvalue weighted by atomic mass is 32.1. The lowest BCUT2D eigenvalue weighted by Crippen LogP contribution is -2.35. The van der Waals surface area contributed by atoms with Crippen molar-refractivity contribution in [2.24, 2.45) is 5.92 Å². The lowest BCUT2D eigenvalue weighted by molar-refractivity contribution is -0.122. The Morgan fingerprint density at radius 2 is 2.06 bits per heavy atom. The summed E-state index contributed by atoms with van der Waals surface area (Å²) in [5.74, 6) is -2.33. The third-order valence-corrected chi connectivity index (χ3v) is 6.76. The number of carbonyl (C=O) groups excluding carboxylic acids is 2. The number of anilines is 1. The number of carbonyl (C=O) groups is 2. The Morgan fingerprint density at radius 3 is 2.87 bits per heavy atom. The van der Waals surface area contributed by atoms with Gasteiger partial charge in [0.25, 0.3) is 5.91 Å². The van der Waals surface area contributed by atoms with E-state index in [1.807, 2.05) is 0 Å². The number of aromatic amines is 1. The van der Waals surface area contributed by atoms with E-state index in [9.17, 15) is 18.4 Å². The number of nitrogens with zero attached hydrogens (tertiary/aromatic N) is 2. The standard InChI is InChI=1S/C21H20F2N4O3S/c22-13-1-2-14-12(18(13)23)9-16(24-14)20(29)27-6-3-15-17(10-27)31-21(25-15)26-19(28)11-4-7-30-8-5-11/h1-2,9,11,24H,3-8,10H2,(H,25,26,28). The minimum absolute atomic E-state index is 0.0466. The van der Waals surface area contributed by atoms with Gasteiger partial charge in [-0.3, -0.25) is 9.59 Å². The number of amides is 2. The first kappa shape index (κ1) is 20.1. The fourth-order valence-electron chi connectivity index (χ4n) is 4.02. The summed E-state index contributed by atoms with van der Waals surface area (Å²) in [7, 11) is 0. The van der Waals surface area contributed by atoms with E-state index in [-0.39, 0.29) is 28.8 Å². The first-order valence-electron chi connectivity index (χ1n) is 10.1. The molecule has 31 heavy (non-hydrogen) atoms. The molecule has 1 aromatic carbocycles. The molecule has 2 aromatic heterocycles. The number of halogens is 2.